The molecule has 69 heavy (non-hydrogen) atoms. The van der Waals surface area contributed by atoms with E-state index >= 15 is 0 Å². The quantitative estimate of drug-likeness (QED) is 0.154. The Morgan fingerprint density at radius 1 is 0.594 bits per heavy atom. The second kappa shape index (κ2) is 15.6. The summed E-state index contributed by atoms with van der Waals surface area (Å²) < 4.78 is 2.67. The lowest BCUT2D eigenvalue weighted by Crippen LogP contribution is -2.61. The lowest BCUT2D eigenvalue weighted by molar-refractivity contribution is 0.195. The number of fused-ring (bicyclic) bond motifs is 10. The van der Waals surface area contributed by atoms with E-state index in [1.54, 1.807) is 0 Å². The molecule has 0 N–H and O–H groups in total. The van der Waals surface area contributed by atoms with Gasteiger partial charge in [0.2, 0.25) is 0 Å². The molecule has 3 nitrogen and oxygen atoms in total. The molecule has 0 amide bonds. The normalized spacial score (nSPS) is 19.9. The summed E-state index contributed by atoms with van der Waals surface area (Å²) in [6, 6.07) is 53.1. The number of thiophene rings is 1. The summed E-state index contributed by atoms with van der Waals surface area (Å²) in [7, 11) is 0. The highest BCUT2D eigenvalue weighted by molar-refractivity contribution is 7.25. The minimum atomic E-state index is -0.0654. The van der Waals surface area contributed by atoms with Crippen molar-refractivity contribution >= 4 is 100 Å². The summed E-state index contributed by atoms with van der Waals surface area (Å²) in [5.74, 6) is 0.460. The summed E-state index contributed by atoms with van der Waals surface area (Å²) in [6.45, 7) is 26.4. The smallest absolute Gasteiger partial charge is 0.252 e. The Morgan fingerprint density at radius 2 is 1.25 bits per heavy atom. The molecule has 3 aliphatic heterocycles. The molecular formula is C64H68BN3S. The van der Waals surface area contributed by atoms with Crippen LogP contribution in [0.25, 0.3) is 20.2 Å². The van der Waals surface area contributed by atoms with Crippen LogP contribution in [0, 0.1) is 6.92 Å². The van der Waals surface area contributed by atoms with Crippen molar-refractivity contribution in [2.24, 2.45) is 0 Å². The highest BCUT2D eigenvalue weighted by Crippen LogP contribution is 2.62. The van der Waals surface area contributed by atoms with Crippen LogP contribution in [-0.4, -0.2) is 12.3 Å². The lowest BCUT2D eigenvalue weighted by Gasteiger charge is -2.50. The Bertz CT molecular complexity index is 3380. The van der Waals surface area contributed by atoms with Gasteiger partial charge in [-0.3, -0.25) is 0 Å². The van der Waals surface area contributed by atoms with E-state index in [0.29, 0.717) is 5.92 Å². The fraction of sp³-hybridized carbons (Fsp3) is 0.344. The molecular weight excluding hydrogens is 854 g/mol. The molecule has 348 valence electrons. The van der Waals surface area contributed by atoms with E-state index in [1.807, 2.05) is 11.3 Å². The Balaban J connectivity index is 1.13. The number of rotatable bonds is 6. The van der Waals surface area contributed by atoms with Crippen LogP contribution in [0.4, 0.5) is 45.5 Å². The molecule has 1 aromatic heterocycles. The molecule has 7 aromatic carbocycles. The van der Waals surface area contributed by atoms with Crippen molar-refractivity contribution in [3.05, 3.63) is 161 Å². The van der Waals surface area contributed by atoms with Crippen LogP contribution in [0.5, 0.6) is 0 Å². The predicted octanol–water partition coefficient (Wildman–Crippen LogP) is 16.7. The molecule has 0 saturated heterocycles. The van der Waals surface area contributed by atoms with E-state index in [9.17, 15) is 0 Å². The zero-order valence-corrected chi connectivity index (χ0v) is 43.7. The van der Waals surface area contributed by atoms with E-state index in [1.165, 1.54) is 136 Å². The van der Waals surface area contributed by atoms with Crippen LogP contribution in [0.1, 0.15) is 141 Å². The number of aryl methyl sites for hydroxylation is 1. The number of benzene rings is 7. The van der Waals surface area contributed by atoms with Crippen molar-refractivity contribution in [1.82, 2.24) is 0 Å². The third-order valence-electron chi connectivity index (χ3n) is 17.3. The molecule has 3 unspecified atom stereocenters. The number of hydrogen-bond donors (Lipinski definition) is 0. The van der Waals surface area contributed by atoms with Gasteiger partial charge in [-0.2, -0.15) is 0 Å². The number of hydrogen-bond acceptors (Lipinski definition) is 4. The zero-order chi connectivity index (χ0) is 47.9. The van der Waals surface area contributed by atoms with E-state index in [0.717, 1.165) is 12.8 Å². The Kier molecular flexibility index (Phi) is 10.1. The molecule has 12 rings (SSSR count). The second-order valence-electron chi connectivity index (χ2n) is 23.8. The third kappa shape index (κ3) is 6.65. The minimum absolute atomic E-state index is 0.0108. The van der Waals surface area contributed by atoms with Crippen molar-refractivity contribution in [2.45, 2.75) is 142 Å². The third-order valence-corrected chi connectivity index (χ3v) is 18.5. The highest BCUT2D eigenvalue weighted by atomic mass is 32.1. The van der Waals surface area contributed by atoms with Crippen molar-refractivity contribution in [3.8, 4) is 0 Å². The van der Waals surface area contributed by atoms with Crippen LogP contribution >= 0.6 is 11.3 Å². The largest absolute Gasteiger partial charge is 0.334 e. The monoisotopic (exact) mass is 922 g/mol. The number of nitrogens with zero attached hydrogens (tertiary/aromatic N) is 3. The molecule has 0 radical (unpaired) electrons. The van der Waals surface area contributed by atoms with E-state index in [2.05, 4.69) is 224 Å². The molecule has 1 fully saturated rings. The van der Waals surface area contributed by atoms with E-state index in [-0.39, 0.29) is 28.5 Å². The maximum absolute atomic E-state index is 2.79. The van der Waals surface area contributed by atoms with Crippen molar-refractivity contribution < 1.29 is 0 Å². The molecule has 8 aromatic rings. The van der Waals surface area contributed by atoms with Crippen molar-refractivity contribution in [1.29, 1.82) is 0 Å². The van der Waals surface area contributed by atoms with Gasteiger partial charge in [0, 0.05) is 71.1 Å². The fourth-order valence-corrected chi connectivity index (χ4v) is 14.4. The van der Waals surface area contributed by atoms with Crippen LogP contribution < -0.4 is 31.1 Å². The standard InChI is InChI=1S/C64H68BN3S/c1-12-18-41(3)42-23-27-51-54(35-42)67(46-26-30-59-49(38-46)48-21-13-14-22-58(48)69-59)57-34-40(2)33-56-60(57)65(51)52-28-25-47(39-55(52)66(56)45-20-17-19-43(36-45)61(4,5)6)68-53-29-24-44(62(7,8)9)37-50(53)63(10)31-15-16-32-64(63,68)11/h13-14,17,19-30,33-39,41H,12,15-16,18,31-32H2,1-11H3. The Morgan fingerprint density at radius 3 is 1.99 bits per heavy atom. The molecule has 3 atom stereocenters. The van der Waals surface area contributed by atoms with Gasteiger partial charge in [-0.15, -0.1) is 11.3 Å². The average Bonchev–Trinajstić information content (AvgIpc) is 3.79. The zero-order valence-electron chi connectivity index (χ0n) is 42.8. The molecule has 5 heteroatoms. The van der Waals surface area contributed by atoms with E-state index in [4.69, 9.17) is 0 Å². The highest BCUT2D eigenvalue weighted by Gasteiger charge is 2.58. The summed E-state index contributed by atoms with van der Waals surface area (Å²) >= 11 is 1.90. The van der Waals surface area contributed by atoms with Crippen molar-refractivity contribution in [2.75, 3.05) is 14.7 Å². The fourth-order valence-electron chi connectivity index (χ4n) is 13.3. The maximum Gasteiger partial charge on any atom is 0.252 e. The van der Waals surface area contributed by atoms with E-state index < -0.39 is 0 Å². The Labute approximate surface area is 416 Å². The van der Waals surface area contributed by atoms with Gasteiger partial charge < -0.3 is 14.7 Å². The van der Waals surface area contributed by atoms with Gasteiger partial charge in [0.15, 0.2) is 0 Å². The molecule has 1 aliphatic carbocycles. The van der Waals surface area contributed by atoms with Gasteiger partial charge >= 0.3 is 0 Å². The van der Waals surface area contributed by atoms with Crippen LogP contribution in [0.3, 0.4) is 0 Å². The summed E-state index contributed by atoms with van der Waals surface area (Å²) in [6.07, 6.45) is 7.22. The topological polar surface area (TPSA) is 9.72 Å². The first-order chi connectivity index (χ1) is 33.0. The van der Waals surface area contributed by atoms with Gasteiger partial charge in [0.25, 0.3) is 6.71 Å². The predicted molar refractivity (Wildman–Crippen MR) is 302 cm³/mol. The van der Waals surface area contributed by atoms with Crippen LogP contribution in [-0.2, 0) is 16.2 Å². The van der Waals surface area contributed by atoms with Gasteiger partial charge in [-0.05, 0) is 167 Å². The number of anilines is 8. The molecule has 1 saturated carbocycles. The van der Waals surface area contributed by atoms with Gasteiger partial charge in [-0.1, -0.05) is 142 Å². The van der Waals surface area contributed by atoms with Crippen LogP contribution in [0.2, 0.25) is 0 Å². The minimum Gasteiger partial charge on any atom is -0.334 e. The molecule has 4 heterocycles. The first-order valence-corrected chi connectivity index (χ1v) is 26.8. The van der Waals surface area contributed by atoms with Gasteiger partial charge in [0.1, 0.15) is 0 Å². The van der Waals surface area contributed by atoms with Gasteiger partial charge in [0.05, 0.1) is 5.54 Å². The second-order valence-corrected chi connectivity index (χ2v) is 24.9. The Hall–Kier alpha value is -5.78. The van der Waals surface area contributed by atoms with Crippen LogP contribution in [0.15, 0.2) is 133 Å². The summed E-state index contributed by atoms with van der Waals surface area (Å²) in [5, 5.41) is 2.66. The average molecular weight is 922 g/mol. The van der Waals surface area contributed by atoms with Gasteiger partial charge in [-0.25, -0.2) is 0 Å². The summed E-state index contributed by atoms with van der Waals surface area (Å²) in [5.41, 5.74) is 21.4. The molecule has 4 aliphatic rings. The molecule has 0 spiro atoms. The SMILES string of the molecule is CCCC(C)c1ccc2c(c1)N(c1ccc3sc4ccccc4c3c1)c1cc(C)cc3c1B2c1ccc(N2c4ccc(C(C)(C)C)cc4C4(C)CCCCC24C)cc1N3c1cccc(C(C)(C)C)c1. The maximum atomic E-state index is 2.79. The first kappa shape index (κ1) is 44.4. The molecule has 0 bridgehead atoms. The van der Waals surface area contributed by atoms with Crippen molar-refractivity contribution in [3.63, 3.8) is 0 Å². The first-order valence-electron chi connectivity index (χ1n) is 26.0. The summed E-state index contributed by atoms with van der Waals surface area (Å²) in [4.78, 5) is 8.07. The lowest BCUT2D eigenvalue weighted by atomic mass is 9.33.